The Morgan fingerprint density at radius 2 is 1.95 bits per heavy atom. The Morgan fingerprint density at radius 3 is 2.60 bits per heavy atom. The summed E-state index contributed by atoms with van der Waals surface area (Å²) < 4.78 is 6.67. The molecule has 1 N–H and O–H groups in total. The van der Waals surface area contributed by atoms with Crippen LogP contribution in [-0.4, -0.2) is 16.2 Å². The molecule has 4 heteroatoms. The van der Waals surface area contributed by atoms with Gasteiger partial charge in [0.2, 0.25) is 0 Å². The first-order valence-electron chi connectivity index (χ1n) is 6.63. The molecule has 0 fully saturated rings. The molecule has 0 aliphatic rings. The predicted octanol–water partition coefficient (Wildman–Crippen LogP) is 3.74. The standard InChI is InChI=1S/C16H18BrNO2/c1-12(19)2-3-13-4-6-16(7-5-13)20-11-14-8-15(17)10-18-9-14/h4-10,12,19H,2-3,11H2,1H3. The summed E-state index contributed by atoms with van der Waals surface area (Å²) >= 11 is 3.39. The molecule has 0 saturated heterocycles. The number of ether oxygens (including phenoxy) is 1. The van der Waals surface area contributed by atoms with Crippen molar-refractivity contribution in [1.29, 1.82) is 0 Å². The molecule has 0 spiro atoms. The van der Waals surface area contributed by atoms with Crippen molar-refractivity contribution < 1.29 is 9.84 Å². The number of halogens is 1. The van der Waals surface area contributed by atoms with E-state index < -0.39 is 0 Å². The van der Waals surface area contributed by atoms with Crippen LogP contribution in [0.1, 0.15) is 24.5 Å². The van der Waals surface area contributed by atoms with Crippen LogP contribution in [0.15, 0.2) is 47.2 Å². The number of hydrogen-bond acceptors (Lipinski definition) is 3. The summed E-state index contributed by atoms with van der Waals surface area (Å²) in [6.07, 6.45) is 4.95. The largest absolute Gasteiger partial charge is 0.489 e. The minimum atomic E-state index is -0.255. The molecule has 0 amide bonds. The lowest BCUT2D eigenvalue weighted by Crippen LogP contribution is -2.01. The molecular formula is C16H18BrNO2. The van der Waals surface area contributed by atoms with Gasteiger partial charge in [-0.1, -0.05) is 12.1 Å². The van der Waals surface area contributed by atoms with E-state index in [9.17, 15) is 5.11 Å². The summed E-state index contributed by atoms with van der Waals surface area (Å²) in [5.41, 5.74) is 2.24. The van der Waals surface area contributed by atoms with Crippen molar-refractivity contribution in [2.24, 2.45) is 0 Å². The number of aliphatic hydroxyl groups excluding tert-OH is 1. The van der Waals surface area contributed by atoms with E-state index in [-0.39, 0.29) is 6.10 Å². The summed E-state index contributed by atoms with van der Waals surface area (Å²) in [6, 6.07) is 9.99. The number of aromatic nitrogens is 1. The zero-order valence-corrected chi connectivity index (χ0v) is 13.0. The summed E-state index contributed by atoms with van der Waals surface area (Å²) in [5.74, 6) is 0.839. The second kappa shape index (κ2) is 7.41. The third-order valence-electron chi connectivity index (χ3n) is 2.94. The normalized spacial score (nSPS) is 12.2. The van der Waals surface area contributed by atoms with E-state index in [0.29, 0.717) is 6.61 Å². The zero-order valence-electron chi connectivity index (χ0n) is 11.4. The number of nitrogens with zero attached hydrogens (tertiary/aromatic N) is 1. The smallest absolute Gasteiger partial charge is 0.119 e. The van der Waals surface area contributed by atoms with E-state index in [4.69, 9.17) is 4.74 Å². The van der Waals surface area contributed by atoms with Gasteiger partial charge in [-0.2, -0.15) is 0 Å². The van der Waals surface area contributed by atoms with Gasteiger partial charge in [-0.15, -0.1) is 0 Å². The van der Waals surface area contributed by atoms with Crippen LogP contribution in [0.25, 0.3) is 0 Å². The van der Waals surface area contributed by atoms with Gasteiger partial charge in [0, 0.05) is 22.4 Å². The van der Waals surface area contributed by atoms with Crippen LogP contribution in [0, 0.1) is 0 Å². The molecule has 20 heavy (non-hydrogen) atoms. The summed E-state index contributed by atoms with van der Waals surface area (Å²) in [5, 5.41) is 9.27. The minimum Gasteiger partial charge on any atom is -0.489 e. The van der Waals surface area contributed by atoms with E-state index in [1.165, 1.54) is 5.56 Å². The first-order chi connectivity index (χ1) is 9.63. The SMILES string of the molecule is CC(O)CCc1ccc(OCc2cncc(Br)c2)cc1. The van der Waals surface area contributed by atoms with Crippen molar-refractivity contribution in [2.75, 3.05) is 0 Å². The average Bonchev–Trinajstić information content (AvgIpc) is 2.44. The monoisotopic (exact) mass is 335 g/mol. The maximum atomic E-state index is 9.27. The summed E-state index contributed by atoms with van der Waals surface area (Å²) in [6.45, 7) is 2.31. The molecule has 106 valence electrons. The van der Waals surface area contributed by atoms with Crippen molar-refractivity contribution >= 4 is 15.9 Å². The zero-order chi connectivity index (χ0) is 14.4. The van der Waals surface area contributed by atoms with Gasteiger partial charge in [0.05, 0.1) is 6.10 Å². The lowest BCUT2D eigenvalue weighted by molar-refractivity contribution is 0.185. The molecular weight excluding hydrogens is 318 g/mol. The Labute approximate surface area is 127 Å². The van der Waals surface area contributed by atoms with Crippen LogP contribution in [0.2, 0.25) is 0 Å². The lowest BCUT2D eigenvalue weighted by atomic mass is 10.1. The van der Waals surface area contributed by atoms with E-state index in [0.717, 1.165) is 28.6 Å². The molecule has 1 aromatic heterocycles. The van der Waals surface area contributed by atoms with Crippen LogP contribution < -0.4 is 4.74 Å². The molecule has 1 unspecified atom stereocenters. The number of aryl methyl sites for hydroxylation is 1. The summed E-state index contributed by atoms with van der Waals surface area (Å²) in [7, 11) is 0. The molecule has 0 aliphatic heterocycles. The average molecular weight is 336 g/mol. The van der Waals surface area contributed by atoms with Gasteiger partial charge in [-0.05, 0) is 59.5 Å². The maximum Gasteiger partial charge on any atom is 0.119 e. The van der Waals surface area contributed by atoms with Crippen molar-refractivity contribution in [2.45, 2.75) is 32.5 Å². The topological polar surface area (TPSA) is 42.4 Å². The van der Waals surface area contributed by atoms with Gasteiger partial charge in [0.1, 0.15) is 12.4 Å². The number of rotatable bonds is 6. The third-order valence-corrected chi connectivity index (χ3v) is 3.37. The van der Waals surface area contributed by atoms with Crippen molar-refractivity contribution in [3.05, 3.63) is 58.3 Å². The highest BCUT2D eigenvalue weighted by atomic mass is 79.9. The second-order valence-electron chi connectivity index (χ2n) is 4.83. The number of hydrogen-bond donors (Lipinski definition) is 1. The lowest BCUT2D eigenvalue weighted by Gasteiger charge is -2.08. The molecule has 0 aliphatic carbocycles. The highest BCUT2D eigenvalue weighted by molar-refractivity contribution is 9.10. The quantitative estimate of drug-likeness (QED) is 0.874. The van der Waals surface area contributed by atoms with Crippen molar-refractivity contribution in [1.82, 2.24) is 4.98 Å². The van der Waals surface area contributed by atoms with Gasteiger partial charge in [0.25, 0.3) is 0 Å². The van der Waals surface area contributed by atoms with Gasteiger partial charge in [0.15, 0.2) is 0 Å². The molecule has 0 radical (unpaired) electrons. The van der Waals surface area contributed by atoms with Crippen LogP contribution in [0.4, 0.5) is 0 Å². The second-order valence-corrected chi connectivity index (χ2v) is 5.75. The minimum absolute atomic E-state index is 0.255. The van der Waals surface area contributed by atoms with E-state index in [1.807, 2.05) is 37.3 Å². The summed E-state index contributed by atoms with van der Waals surface area (Å²) in [4.78, 5) is 4.10. The highest BCUT2D eigenvalue weighted by Crippen LogP contribution is 2.16. The fourth-order valence-corrected chi connectivity index (χ4v) is 2.24. The number of aliphatic hydroxyl groups is 1. The van der Waals surface area contributed by atoms with Gasteiger partial charge >= 0.3 is 0 Å². The van der Waals surface area contributed by atoms with E-state index >= 15 is 0 Å². The Kier molecular flexibility index (Phi) is 5.56. The highest BCUT2D eigenvalue weighted by Gasteiger charge is 2.00. The van der Waals surface area contributed by atoms with E-state index in [1.54, 1.807) is 12.4 Å². The van der Waals surface area contributed by atoms with Gasteiger partial charge in [-0.25, -0.2) is 0 Å². The molecule has 0 saturated carbocycles. The third kappa shape index (κ3) is 4.94. The Morgan fingerprint density at radius 1 is 1.20 bits per heavy atom. The Bertz CT molecular complexity index is 540. The van der Waals surface area contributed by atoms with Crippen LogP contribution in [0.5, 0.6) is 5.75 Å². The van der Waals surface area contributed by atoms with Crippen LogP contribution in [-0.2, 0) is 13.0 Å². The first-order valence-corrected chi connectivity index (χ1v) is 7.42. The molecule has 1 atom stereocenters. The number of pyridine rings is 1. The van der Waals surface area contributed by atoms with E-state index in [2.05, 4.69) is 20.9 Å². The van der Waals surface area contributed by atoms with Gasteiger partial charge in [-0.3, -0.25) is 4.98 Å². The molecule has 2 aromatic rings. The number of benzene rings is 1. The maximum absolute atomic E-state index is 9.27. The predicted molar refractivity (Wildman–Crippen MR) is 82.7 cm³/mol. The molecule has 0 bridgehead atoms. The first kappa shape index (κ1) is 15.0. The van der Waals surface area contributed by atoms with Crippen molar-refractivity contribution in [3.8, 4) is 5.75 Å². The fraction of sp³-hybridized carbons (Fsp3) is 0.312. The Balaban J connectivity index is 1.87. The molecule has 1 heterocycles. The fourth-order valence-electron chi connectivity index (χ4n) is 1.83. The molecule has 1 aromatic carbocycles. The molecule has 3 nitrogen and oxygen atoms in total. The Hall–Kier alpha value is -1.39. The van der Waals surface area contributed by atoms with Crippen LogP contribution in [0.3, 0.4) is 0 Å². The van der Waals surface area contributed by atoms with Crippen LogP contribution >= 0.6 is 15.9 Å². The van der Waals surface area contributed by atoms with Gasteiger partial charge < -0.3 is 9.84 Å². The molecule has 2 rings (SSSR count). The van der Waals surface area contributed by atoms with Crippen molar-refractivity contribution in [3.63, 3.8) is 0 Å².